The van der Waals surface area contributed by atoms with Gasteiger partial charge in [-0.1, -0.05) is 24.3 Å². The van der Waals surface area contributed by atoms with Crippen LogP contribution in [0, 0.1) is 0 Å². The number of phenols is 1. The van der Waals surface area contributed by atoms with Crippen LogP contribution in [0.4, 0.5) is 0 Å². The normalized spacial score (nSPS) is 19.7. The van der Waals surface area contributed by atoms with Crippen LogP contribution in [0.2, 0.25) is 0 Å². The first-order valence-electron chi connectivity index (χ1n) is 6.55. The van der Waals surface area contributed by atoms with Crippen LogP contribution in [-0.4, -0.2) is 24.1 Å². The summed E-state index contributed by atoms with van der Waals surface area (Å²) in [6.07, 6.45) is 0. The molecule has 0 atom stereocenters. The monoisotopic (exact) mass is 258 g/mol. The van der Waals surface area contributed by atoms with Gasteiger partial charge in [0.25, 0.3) is 0 Å². The lowest BCUT2D eigenvalue weighted by molar-refractivity contribution is -0.251. The Morgan fingerprint density at radius 3 is 2.26 bits per heavy atom. The van der Waals surface area contributed by atoms with Crippen molar-refractivity contribution in [2.24, 2.45) is 0 Å². The van der Waals surface area contributed by atoms with Gasteiger partial charge in [-0.3, -0.25) is 0 Å². The average Bonchev–Trinajstić information content (AvgIpc) is 2.38. The number of benzene rings is 2. The van der Waals surface area contributed by atoms with Gasteiger partial charge in [-0.05, 0) is 36.8 Å². The van der Waals surface area contributed by atoms with E-state index in [0.29, 0.717) is 19.0 Å². The quantitative estimate of drug-likeness (QED) is 0.852. The van der Waals surface area contributed by atoms with Crippen molar-refractivity contribution in [3.63, 3.8) is 0 Å². The van der Waals surface area contributed by atoms with Gasteiger partial charge >= 0.3 is 0 Å². The zero-order valence-electron chi connectivity index (χ0n) is 11.2. The van der Waals surface area contributed by atoms with E-state index in [2.05, 4.69) is 0 Å². The highest BCUT2D eigenvalue weighted by Gasteiger charge is 2.30. The van der Waals surface area contributed by atoms with E-state index in [-0.39, 0.29) is 5.92 Å². The molecule has 1 N–H and O–H groups in total. The Balaban J connectivity index is 1.95. The number of aromatic hydroxyl groups is 1. The number of hydrogen-bond acceptors (Lipinski definition) is 3. The Morgan fingerprint density at radius 2 is 1.63 bits per heavy atom. The average molecular weight is 258 g/mol. The smallest absolute Gasteiger partial charge is 0.162 e. The van der Waals surface area contributed by atoms with Gasteiger partial charge in [0.1, 0.15) is 5.75 Å². The zero-order chi connectivity index (χ0) is 13.5. The molecule has 0 amide bonds. The summed E-state index contributed by atoms with van der Waals surface area (Å²) in [7, 11) is 0. The number of rotatable bonds is 1. The summed E-state index contributed by atoms with van der Waals surface area (Å²) in [5.74, 6) is -0.128. The molecular formula is C16H18O3. The van der Waals surface area contributed by atoms with Crippen LogP contribution in [-0.2, 0) is 9.47 Å². The molecule has 1 heterocycles. The highest BCUT2D eigenvalue weighted by molar-refractivity contribution is 5.85. The highest BCUT2D eigenvalue weighted by Crippen LogP contribution is 2.34. The van der Waals surface area contributed by atoms with Crippen molar-refractivity contribution >= 4 is 10.8 Å². The van der Waals surface area contributed by atoms with Crippen LogP contribution in [0.25, 0.3) is 10.8 Å². The van der Waals surface area contributed by atoms with Gasteiger partial charge in [0.05, 0.1) is 13.2 Å². The van der Waals surface area contributed by atoms with E-state index in [1.165, 1.54) is 0 Å². The fraction of sp³-hybridized carbons (Fsp3) is 0.375. The van der Waals surface area contributed by atoms with Crippen LogP contribution < -0.4 is 0 Å². The standard InChI is InChI=1S/C16H18O3/c1-16(2)18-9-13(10-19-16)14-7-11-5-3-4-6-12(11)8-15(14)17/h3-8,13,17H,9-10H2,1-2H3. The molecule has 3 heteroatoms. The first kappa shape index (κ1) is 12.5. The molecule has 19 heavy (non-hydrogen) atoms. The molecule has 3 nitrogen and oxygen atoms in total. The second kappa shape index (κ2) is 4.51. The molecule has 1 fully saturated rings. The molecule has 0 bridgehead atoms. The van der Waals surface area contributed by atoms with Crippen molar-refractivity contribution in [3.8, 4) is 5.75 Å². The third kappa shape index (κ3) is 2.44. The molecule has 2 aromatic carbocycles. The van der Waals surface area contributed by atoms with Crippen LogP contribution in [0.1, 0.15) is 25.3 Å². The Labute approximate surface area is 112 Å². The lowest BCUT2D eigenvalue weighted by Gasteiger charge is -2.35. The van der Waals surface area contributed by atoms with Gasteiger partial charge < -0.3 is 14.6 Å². The maximum atomic E-state index is 10.2. The van der Waals surface area contributed by atoms with Crippen molar-refractivity contribution in [2.45, 2.75) is 25.6 Å². The van der Waals surface area contributed by atoms with Crippen LogP contribution in [0.5, 0.6) is 5.75 Å². The van der Waals surface area contributed by atoms with Crippen LogP contribution >= 0.6 is 0 Å². The molecule has 0 aromatic heterocycles. The van der Waals surface area contributed by atoms with Crippen molar-refractivity contribution in [1.82, 2.24) is 0 Å². The predicted molar refractivity (Wildman–Crippen MR) is 74.3 cm³/mol. The fourth-order valence-corrected chi connectivity index (χ4v) is 2.44. The molecule has 1 aliphatic rings. The van der Waals surface area contributed by atoms with E-state index in [9.17, 15) is 5.11 Å². The highest BCUT2D eigenvalue weighted by atomic mass is 16.7. The summed E-state index contributed by atoms with van der Waals surface area (Å²) >= 11 is 0. The molecule has 0 unspecified atom stereocenters. The summed E-state index contributed by atoms with van der Waals surface area (Å²) in [5, 5.41) is 12.3. The lowest BCUT2D eigenvalue weighted by Crippen LogP contribution is -2.38. The minimum absolute atomic E-state index is 0.0811. The first-order chi connectivity index (χ1) is 9.05. The topological polar surface area (TPSA) is 38.7 Å². The Morgan fingerprint density at radius 1 is 1.05 bits per heavy atom. The maximum Gasteiger partial charge on any atom is 0.162 e. The Bertz CT molecular complexity index is 594. The molecule has 0 saturated carbocycles. The molecule has 0 radical (unpaired) electrons. The summed E-state index contributed by atoms with van der Waals surface area (Å²) in [4.78, 5) is 0. The Kier molecular flexibility index (Phi) is 2.96. The van der Waals surface area contributed by atoms with Crippen LogP contribution in [0.15, 0.2) is 36.4 Å². The number of ether oxygens (including phenoxy) is 2. The predicted octanol–water partition coefficient (Wildman–Crippen LogP) is 3.41. The molecule has 1 aliphatic heterocycles. The van der Waals surface area contributed by atoms with Gasteiger partial charge in [-0.15, -0.1) is 0 Å². The zero-order valence-corrected chi connectivity index (χ0v) is 11.2. The van der Waals surface area contributed by atoms with Gasteiger partial charge in [0.15, 0.2) is 5.79 Å². The molecule has 0 spiro atoms. The van der Waals surface area contributed by atoms with Gasteiger partial charge in [-0.25, -0.2) is 0 Å². The summed E-state index contributed by atoms with van der Waals surface area (Å²) < 4.78 is 11.3. The largest absolute Gasteiger partial charge is 0.508 e. The third-order valence-corrected chi connectivity index (χ3v) is 3.60. The van der Waals surface area contributed by atoms with E-state index in [1.807, 2.05) is 50.2 Å². The minimum Gasteiger partial charge on any atom is -0.508 e. The summed E-state index contributed by atoms with van der Waals surface area (Å²) in [6, 6.07) is 11.9. The second-order valence-electron chi connectivity index (χ2n) is 5.48. The maximum absolute atomic E-state index is 10.2. The SMILES string of the molecule is CC1(C)OCC(c2cc3ccccc3cc2O)CO1. The minimum atomic E-state index is -0.525. The van der Waals surface area contributed by atoms with Gasteiger partial charge in [-0.2, -0.15) is 0 Å². The molecule has 100 valence electrons. The lowest BCUT2D eigenvalue weighted by atomic mass is 9.95. The molecular weight excluding hydrogens is 240 g/mol. The van der Waals surface area contributed by atoms with E-state index in [4.69, 9.17) is 9.47 Å². The van der Waals surface area contributed by atoms with E-state index >= 15 is 0 Å². The van der Waals surface area contributed by atoms with E-state index < -0.39 is 5.79 Å². The number of fused-ring (bicyclic) bond motifs is 1. The molecule has 3 rings (SSSR count). The molecule has 0 aliphatic carbocycles. The Hall–Kier alpha value is -1.58. The first-order valence-corrected chi connectivity index (χ1v) is 6.55. The van der Waals surface area contributed by atoms with Gasteiger partial charge in [0.2, 0.25) is 0 Å². The van der Waals surface area contributed by atoms with E-state index in [1.54, 1.807) is 0 Å². The van der Waals surface area contributed by atoms with Crippen molar-refractivity contribution in [1.29, 1.82) is 0 Å². The second-order valence-corrected chi connectivity index (χ2v) is 5.48. The number of phenolic OH excluding ortho intramolecular Hbond substituents is 1. The van der Waals surface area contributed by atoms with Crippen molar-refractivity contribution in [2.75, 3.05) is 13.2 Å². The van der Waals surface area contributed by atoms with Crippen molar-refractivity contribution < 1.29 is 14.6 Å². The van der Waals surface area contributed by atoms with Crippen LogP contribution in [0.3, 0.4) is 0 Å². The van der Waals surface area contributed by atoms with E-state index in [0.717, 1.165) is 16.3 Å². The number of hydrogen-bond donors (Lipinski definition) is 1. The molecule has 2 aromatic rings. The molecule has 1 saturated heterocycles. The third-order valence-electron chi connectivity index (χ3n) is 3.60. The fourth-order valence-electron chi connectivity index (χ4n) is 2.44. The summed E-state index contributed by atoms with van der Waals surface area (Å²) in [5.41, 5.74) is 0.897. The van der Waals surface area contributed by atoms with Gasteiger partial charge in [0, 0.05) is 11.5 Å². The van der Waals surface area contributed by atoms with Crippen molar-refractivity contribution in [3.05, 3.63) is 42.0 Å². The summed E-state index contributed by atoms with van der Waals surface area (Å²) in [6.45, 7) is 4.95.